The Bertz CT molecular complexity index is 639. The van der Waals surface area contributed by atoms with Crippen molar-refractivity contribution >= 4 is 16.9 Å². The van der Waals surface area contributed by atoms with E-state index in [2.05, 4.69) is 17.9 Å². The number of carboxylic acids is 1. The van der Waals surface area contributed by atoms with Crippen LogP contribution in [0.25, 0.3) is 11.0 Å². The Labute approximate surface area is 124 Å². The van der Waals surface area contributed by atoms with Crippen LogP contribution in [0.3, 0.4) is 0 Å². The fourth-order valence-electron chi connectivity index (χ4n) is 3.17. The van der Waals surface area contributed by atoms with Gasteiger partial charge < -0.3 is 9.52 Å². The number of fused-ring (bicyclic) bond motifs is 1. The van der Waals surface area contributed by atoms with E-state index in [9.17, 15) is 4.79 Å². The maximum Gasteiger partial charge on any atom is 0.306 e. The Morgan fingerprint density at radius 3 is 2.71 bits per heavy atom. The number of hydrogen-bond acceptors (Lipinski definition) is 3. The molecule has 1 saturated heterocycles. The van der Waals surface area contributed by atoms with Crippen molar-refractivity contribution in [2.45, 2.75) is 32.7 Å². The highest BCUT2D eigenvalue weighted by Gasteiger charge is 2.25. The molecule has 0 atom stereocenters. The molecule has 2 heterocycles. The van der Waals surface area contributed by atoms with Crippen molar-refractivity contribution in [1.29, 1.82) is 0 Å². The van der Waals surface area contributed by atoms with E-state index in [-0.39, 0.29) is 5.92 Å². The molecule has 0 unspecified atom stereocenters. The Morgan fingerprint density at radius 1 is 1.33 bits per heavy atom. The smallest absolute Gasteiger partial charge is 0.306 e. The fraction of sp³-hybridized carbons (Fsp3) is 0.471. The van der Waals surface area contributed by atoms with E-state index in [1.165, 1.54) is 10.9 Å². The molecule has 4 heteroatoms. The molecule has 1 aromatic carbocycles. The first-order chi connectivity index (χ1) is 10.2. The van der Waals surface area contributed by atoms with Gasteiger partial charge in [0.1, 0.15) is 11.3 Å². The van der Waals surface area contributed by atoms with E-state index >= 15 is 0 Å². The number of carbonyl (C=O) groups is 1. The van der Waals surface area contributed by atoms with Crippen LogP contribution in [-0.4, -0.2) is 29.1 Å². The highest BCUT2D eigenvalue weighted by Crippen LogP contribution is 2.29. The van der Waals surface area contributed by atoms with Gasteiger partial charge in [0.2, 0.25) is 0 Å². The third-order valence-electron chi connectivity index (χ3n) is 4.42. The SMILES string of the molecule is CCc1oc2ccccc2c1CN1CCC(C(=O)O)CC1. The first-order valence-corrected chi connectivity index (χ1v) is 7.63. The molecule has 112 valence electrons. The Balaban J connectivity index is 1.78. The molecule has 4 nitrogen and oxygen atoms in total. The van der Waals surface area contributed by atoms with Crippen molar-refractivity contribution in [3.8, 4) is 0 Å². The largest absolute Gasteiger partial charge is 0.481 e. The van der Waals surface area contributed by atoms with Crippen molar-refractivity contribution in [2.75, 3.05) is 13.1 Å². The zero-order valence-electron chi connectivity index (χ0n) is 12.3. The van der Waals surface area contributed by atoms with Gasteiger partial charge in [0.15, 0.2) is 0 Å². The molecule has 0 spiro atoms. The van der Waals surface area contributed by atoms with Gasteiger partial charge in [-0.25, -0.2) is 0 Å². The average molecular weight is 287 g/mol. The van der Waals surface area contributed by atoms with Gasteiger partial charge in [0.25, 0.3) is 0 Å². The lowest BCUT2D eigenvalue weighted by molar-refractivity contribution is -0.143. The van der Waals surface area contributed by atoms with Crippen LogP contribution >= 0.6 is 0 Å². The van der Waals surface area contributed by atoms with Gasteiger partial charge in [-0.05, 0) is 32.0 Å². The number of aryl methyl sites for hydroxylation is 1. The third-order valence-corrected chi connectivity index (χ3v) is 4.42. The minimum absolute atomic E-state index is 0.173. The van der Waals surface area contributed by atoms with E-state index in [0.29, 0.717) is 0 Å². The molecule has 0 aliphatic carbocycles. The van der Waals surface area contributed by atoms with Crippen LogP contribution in [0.5, 0.6) is 0 Å². The summed E-state index contributed by atoms with van der Waals surface area (Å²) in [5.74, 6) is 0.224. The van der Waals surface area contributed by atoms with Gasteiger partial charge in [-0.15, -0.1) is 0 Å². The van der Waals surface area contributed by atoms with Gasteiger partial charge in [-0.1, -0.05) is 25.1 Å². The van der Waals surface area contributed by atoms with Crippen LogP contribution in [0.4, 0.5) is 0 Å². The number of para-hydroxylation sites is 1. The topological polar surface area (TPSA) is 53.7 Å². The Morgan fingerprint density at radius 2 is 2.05 bits per heavy atom. The zero-order valence-corrected chi connectivity index (χ0v) is 12.3. The third kappa shape index (κ3) is 2.81. The summed E-state index contributed by atoms with van der Waals surface area (Å²) in [7, 11) is 0. The molecule has 0 saturated carbocycles. The highest BCUT2D eigenvalue weighted by atomic mass is 16.4. The number of likely N-dealkylation sites (tertiary alicyclic amines) is 1. The Hall–Kier alpha value is -1.81. The van der Waals surface area contributed by atoms with Crippen molar-refractivity contribution in [3.05, 3.63) is 35.6 Å². The second kappa shape index (κ2) is 5.90. The lowest BCUT2D eigenvalue weighted by atomic mass is 9.96. The number of carboxylic acid groups (broad SMARTS) is 1. The lowest BCUT2D eigenvalue weighted by Crippen LogP contribution is -2.35. The first-order valence-electron chi connectivity index (χ1n) is 7.63. The maximum atomic E-state index is 11.0. The average Bonchev–Trinajstić information content (AvgIpc) is 2.86. The number of furan rings is 1. The quantitative estimate of drug-likeness (QED) is 0.937. The molecule has 1 aromatic heterocycles. The van der Waals surface area contributed by atoms with Crippen LogP contribution in [0.1, 0.15) is 31.1 Å². The van der Waals surface area contributed by atoms with Gasteiger partial charge in [0.05, 0.1) is 5.92 Å². The maximum absolute atomic E-state index is 11.0. The van der Waals surface area contributed by atoms with E-state index < -0.39 is 5.97 Å². The van der Waals surface area contributed by atoms with Crippen LogP contribution < -0.4 is 0 Å². The van der Waals surface area contributed by atoms with Gasteiger partial charge in [-0.3, -0.25) is 9.69 Å². The highest BCUT2D eigenvalue weighted by molar-refractivity contribution is 5.82. The predicted octanol–water partition coefficient (Wildman–Crippen LogP) is 3.29. The number of benzene rings is 1. The van der Waals surface area contributed by atoms with Crippen molar-refractivity contribution in [2.24, 2.45) is 5.92 Å². The first kappa shape index (κ1) is 14.1. The molecule has 1 fully saturated rings. The monoisotopic (exact) mass is 287 g/mol. The van der Waals surface area contributed by atoms with Crippen molar-refractivity contribution in [3.63, 3.8) is 0 Å². The van der Waals surface area contributed by atoms with Gasteiger partial charge in [0, 0.05) is 23.9 Å². The standard InChI is InChI=1S/C17H21NO3/c1-2-15-14(13-5-3-4-6-16(13)21-15)11-18-9-7-12(8-10-18)17(19)20/h3-6,12H,2,7-11H2,1H3,(H,19,20). The summed E-state index contributed by atoms with van der Waals surface area (Å²) in [5, 5.41) is 10.3. The number of rotatable bonds is 4. The summed E-state index contributed by atoms with van der Waals surface area (Å²) in [5.41, 5.74) is 2.21. The van der Waals surface area contributed by atoms with Crippen LogP contribution in [-0.2, 0) is 17.8 Å². The molecule has 3 rings (SSSR count). The molecular weight excluding hydrogens is 266 g/mol. The molecule has 1 N–H and O–H groups in total. The molecule has 0 bridgehead atoms. The second-order valence-corrected chi connectivity index (χ2v) is 5.74. The molecule has 1 aliphatic heterocycles. The second-order valence-electron chi connectivity index (χ2n) is 5.74. The molecule has 1 aliphatic rings. The molecule has 2 aromatic rings. The van der Waals surface area contributed by atoms with Gasteiger partial charge >= 0.3 is 5.97 Å². The number of piperidine rings is 1. The summed E-state index contributed by atoms with van der Waals surface area (Å²) in [6.45, 7) is 4.66. The van der Waals surface area contributed by atoms with Crippen LogP contribution in [0, 0.1) is 5.92 Å². The minimum atomic E-state index is -0.655. The van der Waals surface area contributed by atoms with Crippen molar-refractivity contribution < 1.29 is 14.3 Å². The summed E-state index contributed by atoms with van der Waals surface area (Å²) in [4.78, 5) is 13.4. The predicted molar refractivity (Wildman–Crippen MR) is 81.2 cm³/mol. The summed E-state index contributed by atoms with van der Waals surface area (Å²) < 4.78 is 5.93. The number of nitrogens with zero attached hydrogens (tertiary/aromatic N) is 1. The number of aliphatic carboxylic acids is 1. The minimum Gasteiger partial charge on any atom is -0.481 e. The van der Waals surface area contributed by atoms with Crippen molar-refractivity contribution in [1.82, 2.24) is 4.90 Å². The van der Waals surface area contributed by atoms with E-state index in [0.717, 1.165) is 50.2 Å². The number of hydrogen-bond donors (Lipinski definition) is 1. The summed E-state index contributed by atoms with van der Waals surface area (Å²) in [6, 6.07) is 8.15. The normalized spacial score (nSPS) is 17.4. The van der Waals surface area contributed by atoms with E-state index in [1.54, 1.807) is 0 Å². The summed E-state index contributed by atoms with van der Waals surface area (Å²) >= 11 is 0. The lowest BCUT2D eigenvalue weighted by Gasteiger charge is -2.29. The zero-order chi connectivity index (χ0) is 14.8. The fourth-order valence-corrected chi connectivity index (χ4v) is 3.17. The van der Waals surface area contributed by atoms with Crippen LogP contribution in [0.2, 0.25) is 0 Å². The summed E-state index contributed by atoms with van der Waals surface area (Å²) in [6.07, 6.45) is 2.37. The Kier molecular flexibility index (Phi) is 3.97. The molecule has 0 radical (unpaired) electrons. The van der Waals surface area contributed by atoms with E-state index in [1.807, 2.05) is 18.2 Å². The molecular formula is C17H21NO3. The van der Waals surface area contributed by atoms with Crippen LogP contribution in [0.15, 0.2) is 28.7 Å². The molecule has 0 amide bonds. The van der Waals surface area contributed by atoms with E-state index in [4.69, 9.17) is 9.52 Å². The molecule has 21 heavy (non-hydrogen) atoms. The van der Waals surface area contributed by atoms with Gasteiger partial charge in [-0.2, -0.15) is 0 Å².